The number of pyridine rings is 1. The standard InChI is InChI=1S/C18H15ClN4O/c19-14-11-21-16-13(7-4-8-15(16)20)17(14)23-10-9-22(18(23)24)12-5-2-1-3-6-12/h1-8,11H,9-10,20H2. The number of anilines is 3. The number of carbonyl (C=O) groups is 1. The van der Waals surface area contributed by atoms with E-state index in [9.17, 15) is 4.79 Å². The van der Waals surface area contributed by atoms with Gasteiger partial charge in [-0.2, -0.15) is 0 Å². The summed E-state index contributed by atoms with van der Waals surface area (Å²) < 4.78 is 0. The number of hydrogen-bond donors (Lipinski definition) is 1. The van der Waals surface area contributed by atoms with Crippen molar-refractivity contribution in [3.8, 4) is 0 Å². The summed E-state index contributed by atoms with van der Waals surface area (Å²) in [5, 5.41) is 1.22. The first kappa shape index (κ1) is 14.8. The van der Waals surface area contributed by atoms with Gasteiger partial charge in [-0.3, -0.25) is 14.8 Å². The molecule has 0 spiro atoms. The minimum Gasteiger partial charge on any atom is -0.397 e. The van der Waals surface area contributed by atoms with Crippen LogP contribution in [0.1, 0.15) is 0 Å². The van der Waals surface area contributed by atoms with Crippen molar-refractivity contribution in [1.29, 1.82) is 0 Å². The minimum atomic E-state index is -0.0991. The van der Waals surface area contributed by atoms with E-state index in [0.29, 0.717) is 35.0 Å². The van der Waals surface area contributed by atoms with E-state index in [0.717, 1.165) is 11.1 Å². The van der Waals surface area contributed by atoms with Crippen molar-refractivity contribution in [2.45, 2.75) is 0 Å². The molecule has 120 valence electrons. The van der Waals surface area contributed by atoms with Gasteiger partial charge in [0.1, 0.15) is 0 Å². The van der Waals surface area contributed by atoms with Crippen LogP contribution in [-0.2, 0) is 0 Å². The summed E-state index contributed by atoms with van der Waals surface area (Å²) in [6, 6.07) is 15.0. The SMILES string of the molecule is Nc1cccc2c(N3CCN(c4ccccc4)C3=O)c(Cl)cnc12. The summed E-state index contributed by atoms with van der Waals surface area (Å²) >= 11 is 6.38. The van der Waals surface area contributed by atoms with Gasteiger partial charge < -0.3 is 5.73 Å². The second kappa shape index (κ2) is 5.69. The predicted octanol–water partition coefficient (Wildman–Crippen LogP) is 3.92. The van der Waals surface area contributed by atoms with Crippen molar-refractivity contribution < 1.29 is 4.79 Å². The van der Waals surface area contributed by atoms with E-state index in [-0.39, 0.29) is 6.03 Å². The van der Waals surface area contributed by atoms with Gasteiger partial charge in [0.05, 0.1) is 21.9 Å². The first-order valence-electron chi connectivity index (χ1n) is 7.63. The van der Waals surface area contributed by atoms with Crippen LogP contribution in [0.5, 0.6) is 0 Å². The second-order valence-corrected chi connectivity index (χ2v) is 6.03. The summed E-state index contributed by atoms with van der Waals surface area (Å²) in [5.41, 5.74) is 8.77. The molecule has 5 nitrogen and oxygen atoms in total. The molecule has 1 fully saturated rings. The predicted molar refractivity (Wildman–Crippen MR) is 97.7 cm³/mol. The topological polar surface area (TPSA) is 62.5 Å². The zero-order valence-corrected chi connectivity index (χ0v) is 13.6. The Labute approximate surface area is 144 Å². The van der Waals surface area contributed by atoms with Crippen molar-refractivity contribution in [3.63, 3.8) is 0 Å². The van der Waals surface area contributed by atoms with Crippen LogP contribution in [0.15, 0.2) is 54.7 Å². The lowest BCUT2D eigenvalue weighted by atomic mass is 10.1. The molecule has 4 rings (SSSR count). The fraction of sp³-hybridized carbons (Fsp3) is 0.111. The Hall–Kier alpha value is -2.79. The Morgan fingerprint density at radius 3 is 2.54 bits per heavy atom. The number of para-hydroxylation sites is 2. The molecule has 0 aliphatic carbocycles. The van der Waals surface area contributed by atoms with Gasteiger partial charge in [0.2, 0.25) is 0 Å². The molecule has 2 heterocycles. The lowest BCUT2D eigenvalue weighted by Crippen LogP contribution is -2.32. The fourth-order valence-corrected chi connectivity index (χ4v) is 3.33. The van der Waals surface area contributed by atoms with Gasteiger partial charge in [0.15, 0.2) is 0 Å². The number of fused-ring (bicyclic) bond motifs is 1. The van der Waals surface area contributed by atoms with Gasteiger partial charge in [-0.25, -0.2) is 4.79 Å². The summed E-state index contributed by atoms with van der Waals surface area (Å²) in [6.45, 7) is 1.16. The van der Waals surface area contributed by atoms with E-state index in [1.54, 1.807) is 22.1 Å². The zero-order valence-electron chi connectivity index (χ0n) is 12.8. The molecule has 1 aliphatic rings. The average molecular weight is 339 g/mol. The van der Waals surface area contributed by atoms with Gasteiger partial charge in [-0.15, -0.1) is 0 Å². The molecule has 0 unspecified atom stereocenters. The molecule has 0 bridgehead atoms. The number of nitrogen functional groups attached to an aromatic ring is 1. The summed E-state index contributed by atoms with van der Waals surface area (Å²) in [4.78, 5) is 20.7. The smallest absolute Gasteiger partial charge is 0.329 e. The van der Waals surface area contributed by atoms with E-state index < -0.39 is 0 Å². The van der Waals surface area contributed by atoms with Gasteiger partial charge in [0, 0.05) is 30.4 Å². The number of aromatic nitrogens is 1. The molecule has 1 saturated heterocycles. The lowest BCUT2D eigenvalue weighted by Gasteiger charge is -2.21. The fourth-order valence-electron chi connectivity index (χ4n) is 3.07. The Kier molecular flexibility index (Phi) is 3.50. The first-order chi connectivity index (χ1) is 11.7. The number of benzene rings is 2. The first-order valence-corrected chi connectivity index (χ1v) is 8.01. The van der Waals surface area contributed by atoms with Gasteiger partial charge >= 0.3 is 6.03 Å². The molecule has 1 aliphatic heterocycles. The highest BCUT2D eigenvalue weighted by Gasteiger charge is 2.33. The molecule has 1 aromatic heterocycles. The van der Waals surface area contributed by atoms with Gasteiger partial charge in [-0.1, -0.05) is 41.9 Å². The molecule has 24 heavy (non-hydrogen) atoms. The zero-order chi connectivity index (χ0) is 16.7. The number of nitrogens with two attached hydrogens (primary N) is 1. The van der Waals surface area contributed by atoms with E-state index in [1.165, 1.54) is 0 Å². The maximum absolute atomic E-state index is 12.9. The van der Waals surface area contributed by atoms with Crippen molar-refractivity contribution >= 4 is 45.6 Å². The average Bonchev–Trinajstić information content (AvgIpc) is 2.97. The molecule has 2 aromatic carbocycles. The van der Waals surface area contributed by atoms with E-state index >= 15 is 0 Å². The third-order valence-electron chi connectivity index (χ3n) is 4.20. The van der Waals surface area contributed by atoms with Crippen LogP contribution >= 0.6 is 11.6 Å². The monoisotopic (exact) mass is 338 g/mol. The van der Waals surface area contributed by atoms with Gasteiger partial charge in [0.25, 0.3) is 0 Å². The van der Waals surface area contributed by atoms with Crippen LogP contribution < -0.4 is 15.5 Å². The van der Waals surface area contributed by atoms with E-state index in [1.807, 2.05) is 42.5 Å². The molecular formula is C18H15ClN4O. The highest BCUT2D eigenvalue weighted by molar-refractivity contribution is 6.36. The molecule has 6 heteroatoms. The normalized spacial score (nSPS) is 14.6. The van der Waals surface area contributed by atoms with Gasteiger partial charge in [-0.05, 0) is 18.2 Å². The highest BCUT2D eigenvalue weighted by atomic mass is 35.5. The lowest BCUT2D eigenvalue weighted by molar-refractivity contribution is 0.256. The molecule has 0 saturated carbocycles. The van der Waals surface area contributed by atoms with Crippen molar-refractivity contribution in [3.05, 3.63) is 59.8 Å². The summed E-state index contributed by atoms with van der Waals surface area (Å²) in [7, 11) is 0. The third kappa shape index (κ3) is 2.25. The Morgan fingerprint density at radius 1 is 1.00 bits per heavy atom. The quantitative estimate of drug-likeness (QED) is 0.720. The highest BCUT2D eigenvalue weighted by Crippen LogP contribution is 2.37. The number of carbonyl (C=O) groups excluding carboxylic acids is 1. The number of nitrogens with zero attached hydrogens (tertiary/aromatic N) is 3. The maximum atomic E-state index is 12.9. The van der Waals surface area contributed by atoms with Crippen molar-refractivity contribution in [1.82, 2.24) is 4.98 Å². The van der Waals surface area contributed by atoms with Crippen LogP contribution in [0.2, 0.25) is 5.02 Å². The largest absolute Gasteiger partial charge is 0.397 e. The van der Waals surface area contributed by atoms with Crippen molar-refractivity contribution in [2.24, 2.45) is 0 Å². The molecule has 0 atom stereocenters. The summed E-state index contributed by atoms with van der Waals surface area (Å²) in [6.07, 6.45) is 1.55. The van der Waals surface area contributed by atoms with E-state index in [4.69, 9.17) is 17.3 Å². The Balaban J connectivity index is 1.80. The van der Waals surface area contributed by atoms with Crippen LogP contribution in [0.4, 0.5) is 21.9 Å². The second-order valence-electron chi connectivity index (χ2n) is 5.62. The third-order valence-corrected chi connectivity index (χ3v) is 4.48. The molecule has 3 aromatic rings. The Morgan fingerprint density at radius 2 is 1.75 bits per heavy atom. The molecule has 2 N–H and O–H groups in total. The minimum absolute atomic E-state index is 0.0991. The number of amides is 2. The summed E-state index contributed by atoms with van der Waals surface area (Å²) in [5.74, 6) is 0. The number of rotatable bonds is 2. The van der Waals surface area contributed by atoms with Crippen molar-refractivity contribution in [2.75, 3.05) is 28.6 Å². The maximum Gasteiger partial charge on any atom is 0.329 e. The number of halogens is 1. The Bertz CT molecular complexity index is 929. The number of hydrogen-bond acceptors (Lipinski definition) is 3. The van der Waals surface area contributed by atoms with Crippen LogP contribution in [0.3, 0.4) is 0 Å². The van der Waals surface area contributed by atoms with Crippen LogP contribution in [0.25, 0.3) is 10.9 Å². The van der Waals surface area contributed by atoms with Crippen LogP contribution in [-0.4, -0.2) is 24.1 Å². The molecular weight excluding hydrogens is 324 g/mol. The molecule has 0 radical (unpaired) electrons. The van der Waals surface area contributed by atoms with Crippen LogP contribution in [0, 0.1) is 0 Å². The van der Waals surface area contributed by atoms with E-state index in [2.05, 4.69) is 4.98 Å². The number of urea groups is 1. The molecule has 2 amide bonds.